The first-order valence-corrected chi connectivity index (χ1v) is 11.1. The molecule has 0 radical (unpaired) electrons. The molecule has 152 valence electrons. The average Bonchev–Trinajstić information content (AvgIpc) is 3.01. The van der Waals surface area contributed by atoms with Crippen molar-refractivity contribution in [2.24, 2.45) is 0 Å². The first-order chi connectivity index (χ1) is 13.9. The van der Waals surface area contributed by atoms with Crippen LogP contribution < -0.4 is 0 Å². The Morgan fingerprint density at radius 3 is 2.72 bits per heavy atom. The molecule has 3 aromatic rings. The van der Waals surface area contributed by atoms with E-state index in [0.29, 0.717) is 22.6 Å². The molecular formula is C23H25Cl2N3O. The van der Waals surface area contributed by atoms with E-state index in [1.807, 2.05) is 37.3 Å². The molecule has 5 rings (SSSR count). The molecule has 2 atom stereocenters. The lowest BCUT2D eigenvalue weighted by Gasteiger charge is -2.40. The van der Waals surface area contributed by atoms with Gasteiger partial charge in [0.1, 0.15) is 11.2 Å². The van der Waals surface area contributed by atoms with Gasteiger partial charge in [-0.3, -0.25) is 4.90 Å². The second-order valence-electron chi connectivity index (χ2n) is 8.55. The molecule has 0 bridgehead atoms. The zero-order valence-corrected chi connectivity index (χ0v) is 18.0. The van der Waals surface area contributed by atoms with E-state index in [1.54, 1.807) is 6.20 Å². The number of pyridine rings is 1. The third-order valence-corrected chi connectivity index (χ3v) is 6.99. The Balaban J connectivity index is 1.64. The second-order valence-corrected chi connectivity index (χ2v) is 9.42. The van der Waals surface area contributed by atoms with Crippen LogP contribution in [0.15, 0.2) is 36.5 Å². The van der Waals surface area contributed by atoms with Crippen LogP contribution in [0.3, 0.4) is 0 Å². The van der Waals surface area contributed by atoms with Crippen molar-refractivity contribution in [3.63, 3.8) is 0 Å². The molecular weight excluding hydrogens is 405 g/mol. The Morgan fingerprint density at radius 1 is 1.14 bits per heavy atom. The van der Waals surface area contributed by atoms with Crippen LogP contribution in [0.2, 0.25) is 10.0 Å². The minimum absolute atomic E-state index is 0.428. The minimum atomic E-state index is -1.03. The quantitative estimate of drug-likeness (QED) is 0.611. The van der Waals surface area contributed by atoms with E-state index in [4.69, 9.17) is 28.2 Å². The maximum Gasteiger partial charge on any atom is 0.140 e. The lowest BCUT2D eigenvalue weighted by molar-refractivity contribution is 0.0378. The third kappa shape index (κ3) is 3.36. The maximum absolute atomic E-state index is 11.4. The van der Waals surface area contributed by atoms with E-state index in [0.717, 1.165) is 36.1 Å². The zero-order chi connectivity index (χ0) is 20.2. The third-order valence-electron chi connectivity index (χ3n) is 6.53. The van der Waals surface area contributed by atoms with Crippen LogP contribution in [0.1, 0.15) is 49.0 Å². The van der Waals surface area contributed by atoms with Gasteiger partial charge in [-0.2, -0.15) is 0 Å². The van der Waals surface area contributed by atoms with Gasteiger partial charge in [-0.15, -0.1) is 0 Å². The minimum Gasteiger partial charge on any atom is -0.384 e. The summed E-state index contributed by atoms with van der Waals surface area (Å²) in [5, 5.41) is 13.8. The van der Waals surface area contributed by atoms with Crippen LogP contribution in [0.4, 0.5) is 0 Å². The summed E-state index contributed by atoms with van der Waals surface area (Å²) in [6.45, 7) is 4.53. The van der Waals surface area contributed by atoms with Gasteiger partial charge in [-0.1, -0.05) is 41.8 Å². The fourth-order valence-corrected chi connectivity index (χ4v) is 5.41. The molecule has 1 aromatic carbocycles. The second kappa shape index (κ2) is 7.28. The molecule has 1 saturated heterocycles. The van der Waals surface area contributed by atoms with Gasteiger partial charge in [0.2, 0.25) is 0 Å². The summed E-state index contributed by atoms with van der Waals surface area (Å²) >= 11 is 12.4. The van der Waals surface area contributed by atoms with Crippen molar-refractivity contribution in [1.29, 1.82) is 0 Å². The number of hydrogen-bond acceptors (Lipinski definition) is 3. The molecule has 4 heterocycles. The Morgan fingerprint density at radius 2 is 1.93 bits per heavy atom. The van der Waals surface area contributed by atoms with Crippen molar-refractivity contribution in [2.75, 3.05) is 13.1 Å². The molecule has 0 saturated carbocycles. The smallest absolute Gasteiger partial charge is 0.140 e. The monoisotopic (exact) mass is 429 g/mol. The van der Waals surface area contributed by atoms with Crippen LogP contribution in [-0.2, 0) is 18.6 Å². The lowest BCUT2D eigenvalue weighted by atomic mass is 9.89. The van der Waals surface area contributed by atoms with Crippen LogP contribution in [-0.4, -0.2) is 32.6 Å². The zero-order valence-electron chi connectivity index (χ0n) is 16.5. The molecule has 2 aromatic heterocycles. The average molecular weight is 430 g/mol. The van der Waals surface area contributed by atoms with Gasteiger partial charge >= 0.3 is 0 Å². The molecule has 29 heavy (non-hydrogen) atoms. The first-order valence-electron chi connectivity index (χ1n) is 10.3. The van der Waals surface area contributed by atoms with Crippen LogP contribution in [0.5, 0.6) is 0 Å². The highest BCUT2D eigenvalue weighted by atomic mass is 35.5. The maximum atomic E-state index is 11.4. The van der Waals surface area contributed by atoms with Gasteiger partial charge < -0.3 is 9.67 Å². The highest BCUT2D eigenvalue weighted by Crippen LogP contribution is 2.43. The van der Waals surface area contributed by atoms with E-state index in [-0.39, 0.29) is 0 Å². The highest BCUT2D eigenvalue weighted by Gasteiger charge is 2.36. The van der Waals surface area contributed by atoms with E-state index < -0.39 is 5.60 Å². The van der Waals surface area contributed by atoms with E-state index >= 15 is 0 Å². The SMILES string of the molecule is CC(O)(Cn1c2c(c3cc(Cl)cnc31)C1CCCCN1CC2)c1ccc(Cl)cc1. The van der Waals surface area contributed by atoms with Gasteiger partial charge in [0, 0.05) is 41.3 Å². The summed E-state index contributed by atoms with van der Waals surface area (Å²) in [6.07, 6.45) is 6.38. The number of nitrogens with zero attached hydrogens (tertiary/aromatic N) is 3. The van der Waals surface area contributed by atoms with Crippen LogP contribution >= 0.6 is 23.2 Å². The van der Waals surface area contributed by atoms with Crippen LogP contribution in [0.25, 0.3) is 11.0 Å². The summed E-state index contributed by atoms with van der Waals surface area (Å²) < 4.78 is 2.22. The number of halogens is 2. The Kier molecular flexibility index (Phi) is 4.86. The number of aliphatic hydroxyl groups is 1. The van der Waals surface area contributed by atoms with Gasteiger partial charge in [0.15, 0.2) is 0 Å². The molecule has 0 spiro atoms. The molecule has 2 aliphatic heterocycles. The van der Waals surface area contributed by atoms with E-state index in [2.05, 4.69) is 9.47 Å². The van der Waals surface area contributed by atoms with Crippen molar-refractivity contribution >= 4 is 34.2 Å². The van der Waals surface area contributed by atoms with Crippen molar-refractivity contribution in [3.8, 4) is 0 Å². The highest BCUT2D eigenvalue weighted by molar-refractivity contribution is 6.31. The summed E-state index contributed by atoms with van der Waals surface area (Å²) in [5.74, 6) is 0. The fourth-order valence-electron chi connectivity index (χ4n) is 5.13. The molecule has 2 aliphatic rings. The van der Waals surface area contributed by atoms with Crippen molar-refractivity contribution < 1.29 is 5.11 Å². The molecule has 4 nitrogen and oxygen atoms in total. The number of benzene rings is 1. The van der Waals surface area contributed by atoms with E-state index in [9.17, 15) is 5.11 Å². The summed E-state index contributed by atoms with van der Waals surface area (Å²) in [7, 11) is 0. The van der Waals surface area contributed by atoms with Crippen molar-refractivity contribution in [3.05, 3.63) is 63.4 Å². The summed E-state index contributed by atoms with van der Waals surface area (Å²) in [6, 6.07) is 9.92. The number of hydrogen-bond donors (Lipinski definition) is 1. The summed E-state index contributed by atoms with van der Waals surface area (Å²) in [4.78, 5) is 7.30. The Labute approximate surface area is 181 Å². The van der Waals surface area contributed by atoms with Gasteiger partial charge in [-0.25, -0.2) is 4.98 Å². The van der Waals surface area contributed by atoms with Gasteiger partial charge in [-0.05, 0) is 55.6 Å². The number of fused-ring (bicyclic) bond motifs is 5. The fraction of sp³-hybridized carbons (Fsp3) is 0.435. The topological polar surface area (TPSA) is 41.3 Å². The molecule has 0 aliphatic carbocycles. The predicted molar refractivity (Wildman–Crippen MR) is 118 cm³/mol. The van der Waals surface area contributed by atoms with Gasteiger partial charge in [0.05, 0.1) is 11.6 Å². The van der Waals surface area contributed by atoms with Crippen molar-refractivity contribution in [2.45, 2.75) is 50.8 Å². The molecule has 6 heteroatoms. The first kappa shape index (κ1) is 19.4. The lowest BCUT2D eigenvalue weighted by Crippen LogP contribution is -2.39. The largest absolute Gasteiger partial charge is 0.384 e. The Bertz CT molecular complexity index is 1060. The summed E-state index contributed by atoms with van der Waals surface area (Å²) in [5.41, 5.74) is 3.40. The molecule has 1 N–H and O–H groups in total. The van der Waals surface area contributed by atoms with Gasteiger partial charge in [0.25, 0.3) is 0 Å². The number of aromatic nitrogens is 2. The predicted octanol–water partition coefficient (Wildman–Crippen LogP) is 5.33. The normalized spacial score (nSPS) is 21.6. The molecule has 1 fully saturated rings. The standard InChI is InChI=1S/C23H25Cl2N3O/c1-23(29,15-5-7-16(24)8-6-15)14-28-20-9-11-27-10-3-2-4-19(27)21(20)18-12-17(25)13-26-22(18)28/h5-8,12-13,19,29H,2-4,9-11,14H2,1H3. The van der Waals surface area contributed by atoms with E-state index in [1.165, 1.54) is 30.5 Å². The van der Waals surface area contributed by atoms with Crippen LogP contribution in [0, 0.1) is 0 Å². The molecule has 2 unspecified atom stereocenters. The van der Waals surface area contributed by atoms with Crippen molar-refractivity contribution in [1.82, 2.24) is 14.5 Å². The molecule has 0 amide bonds. The Hall–Kier alpha value is -1.59. The number of rotatable bonds is 3. The number of piperidine rings is 1.